The van der Waals surface area contributed by atoms with Crippen molar-refractivity contribution in [3.8, 4) is 0 Å². The highest BCUT2D eigenvalue weighted by molar-refractivity contribution is 5.82. The van der Waals surface area contributed by atoms with E-state index in [9.17, 15) is 9.90 Å². The molecule has 1 saturated heterocycles. The Balaban J connectivity index is 2.70. The van der Waals surface area contributed by atoms with Crippen LogP contribution in [0.4, 0.5) is 0 Å². The minimum Gasteiger partial charge on any atom is -0.391 e. The first kappa shape index (κ1) is 15.4. The molecule has 18 heavy (non-hydrogen) atoms. The summed E-state index contributed by atoms with van der Waals surface area (Å²) in [6.07, 6.45) is 1.13. The van der Waals surface area contributed by atoms with E-state index in [4.69, 9.17) is 5.73 Å². The van der Waals surface area contributed by atoms with Gasteiger partial charge >= 0.3 is 0 Å². The Hall–Kier alpha value is -0.650. The van der Waals surface area contributed by atoms with Gasteiger partial charge < -0.3 is 20.6 Å². The standard InChI is InChI=1S/C13H27N3O2/c1-5-9(2)12(14)13(18)16-8-11(17)6-10(16)7-15(3)4/h9-12,17H,5-8,14H2,1-4H3/t9-,10?,11?,12-/m0/s1. The number of β-amino-alcohol motifs (C(OH)–C–C–N with tert-alkyl or cyclic N) is 1. The average Bonchev–Trinajstić information content (AvgIpc) is 2.66. The summed E-state index contributed by atoms with van der Waals surface area (Å²) in [4.78, 5) is 16.2. The van der Waals surface area contributed by atoms with Gasteiger partial charge in [-0.1, -0.05) is 20.3 Å². The molecule has 5 heteroatoms. The molecule has 1 fully saturated rings. The second kappa shape index (κ2) is 6.50. The van der Waals surface area contributed by atoms with Crippen molar-refractivity contribution >= 4 is 5.91 Å². The van der Waals surface area contributed by atoms with Crippen LogP contribution in [0.5, 0.6) is 0 Å². The summed E-state index contributed by atoms with van der Waals surface area (Å²) in [5.41, 5.74) is 6.00. The van der Waals surface area contributed by atoms with Gasteiger partial charge in [-0.05, 0) is 26.4 Å². The van der Waals surface area contributed by atoms with Crippen LogP contribution in [0.15, 0.2) is 0 Å². The van der Waals surface area contributed by atoms with E-state index in [0.717, 1.165) is 13.0 Å². The van der Waals surface area contributed by atoms with Crippen LogP contribution in [0.25, 0.3) is 0 Å². The van der Waals surface area contributed by atoms with Crippen LogP contribution in [0.1, 0.15) is 26.7 Å². The van der Waals surface area contributed by atoms with Crippen LogP contribution in [-0.2, 0) is 4.79 Å². The van der Waals surface area contributed by atoms with Gasteiger partial charge in [-0.2, -0.15) is 0 Å². The first-order valence-electron chi connectivity index (χ1n) is 6.75. The van der Waals surface area contributed by atoms with Crippen molar-refractivity contribution in [1.29, 1.82) is 0 Å². The normalized spacial score (nSPS) is 27.6. The van der Waals surface area contributed by atoms with Crippen molar-refractivity contribution in [3.05, 3.63) is 0 Å². The summed E-state index contributed by atoms with van der Waals surface area (Å²) < 4.78 is 0. The van der Waals surface area contributed by atoms with Gasteiger partial charge in [-0.15, -0.1) is 0 Å². The number of rotatable bonds is 5. The molecule has 0 aromatic heterocycles. The van der Waals surface area contributed by atoms with E-state index in [1.807, 2.05) is 32.8 Å². The molecule has 1 amide bonds. The lowest BCUT2D eigenvalue weighted by atomic mass is 9.98. The Kier molecular flexibility index (Phi) is 5.56. The summed E-state index contributed by atoms with van der Waals surface area (Å²) >= 11 is 0. The molecule has 1 heterocycles. The van der Waals surface area contributed by atoms with Crippen LogP contribution >= 0.6 is 0 Å². The van der Waals surface area contributed by atoms with Gasteiger partial charge in [0.25, 0.3) is 0 Å². The quantitative estimate of drug-likeness (QED) is 0.720. The third kappa shape index (κ3) is 3.67. The molecular formula is C13H27N3O2. The van der Waals surface area contributed by atoms with Crippen LogP contribution in [0.3, 0.4) is 0 Å². The number of carbonyl (C=O) groups excluding carboxylic acids is 1. The van der Waals surface area contributed by atoms with E-state index in [1.54, 1.807) is 4.90 Å². The fraction of sp³-hybridized carbons (Fsp3) is 0.923. The SMILES string of the molecule is CC[C@H](C)[C@H](N)C(=O)N1CC(O)CC1CN(C)C. The van der Waals surface area contributed by atoms with Gasteiger partial charge in [0.2, 0.25) is 5.91 Å². The molecule has 0 aromatic rings. The first-order chi connectivity index (χ1) is 8.36. The number of likely N-dealkylation sites (tertiary alicyclic amines) is 1. The van der Waals surface area contributed by atoms with Gasteiger partial charge in [0.05, 0.1) is 12.1 Å². The highest BCUT2D eigenvalue weighted by atomic mass is 16.3. The van der Waals surface area contributed by atoms with Crippen molar-refractivity contribution in [2.45, 2.75) is 44.9 Å². The summed E-state index contributed by atoms with van der Waals surface area (Å²) in [6.45, 7) is 5.22. The molecule has 0 aliphatic carbocycles. The maximum Gasteiger partial charge on any atom is 0.240 e. The number of carbonyl (C=O) groups is 1. The summed E-state index contributed by atoms with van der Waals surface area (Å²) in [7, 11) is 3.95. The monoisotopic (exact) mass is 257 g/mol. The molecule has 0 saturated carbocycles. The van der Waals surface area contributed by atoms with E-state index in [-0.39, 0.29) is 17.9 Å². The van der Waals surface area contributed by atoms with Crippen molar-refractivity contribution in [2.75, 3.05) is 27.2 Å². The van der Waals surface area contributed by atoms with Crippen LogP contribution in [0.2, 0.25) is 0 Å². The van der Waals surface area contributed by atoms with Crippen molar-refractivity contribution in [2.24, 2.45) is 11.7 Å². The molecule has 1 rings (SSSR count). The molecule has 4 atom stereocenters. The molecule has 3 N–H and O–H groups in total. The number of likely N-dealkylation sites (N-methyl/N-ethyl adjacent to an activating group) is 1. The highest BCUT2D eigenvalue weighted by Gasteiger charge is 2.37. The highest BCUT2D eigenvalue weighted by Crippen LogP contribution is 2.21. The molecule has 1 aliphatic heterocycles. The zero-order valence-corrected chi connectivity index (χ0v) is 12.0. The van der Waals surface area contributed by atoms with E-state index in [1.165, 1.54) is 0 Å². The average molecular weight is 257 g/mol. The minimum absolute atomic E-state index is 0.0206. The van der Waals surface area contributed by atoms with Gasteiger partial charge in [0.15, 0.2) is 0 Å². The smallest absolute Gasteiger partial charge is 0.240 e. The van der Waals surface area contributed by atoms with Crippen molar-refractivity contribution < 1.29 is 9.90 Å². The van der Waals surface area contributed by atoms with Crippen molar-refractivity contribution in [1.82, 2.24) is 9.80 Å². The van der Waals surface area contributed by atoms with Crippen LogP contribution in [-0.4, -0.2) is 66.2 Å². The molecule has 0 aromatic carbocycles. The number of amides is 1. The predicted octanol–water partition coefficient (Wildman–Crippen LogP) is -0.117. The Labute approximate surface area is 110 Å². The van der Waals surface area contributed by atoms with Gasteiger partial charge in [0, 0.05) is 19.1 Å². The molecule has 0 spiro atoms. The maximum absolute atomic E-state index is 12.4. The summed E-state index contributed by atoms with van der Waals surface area (Å²) in [6, 6.07) is -0.373. The number of aliphatic hydroxyl groups excluding tert-OH is 1. The lowest BCUT2D eigenvalue weighted by molar-refractivity contribution is -0.135. The number of nitrogens with two attached hydrogens (primary N) is 1. The van der Waals surface area contributed by atoms with Crippen LogP contribution in [0, 0.1) is 5.92 Å². The van der Waals surface area contributed by atoms with Crippen molar-refractivity contribution in [3.63, 3.8) is 0 Å². The molecular weight excluding hydrogens is 230 g/mol. The zero-order valence-electron chi connectivity index (χ0n) is 12.0. The summed E-state index contributed by atoms with van der Waals surface area (Å²) in [5, 5.41) is 9.76. The third-order valence-electron chi connectivity index (χ3n) is 3.79. The topological polar surface area (TPSA) is 69.8 Å². The second-order valence-electron chi connectivity index (χ2n) is 5.71. The number of hydrogen-bond donors (Lipinski definition) is 2. The minimum atomic E-state index is -0.454. The lowest BCUT2D eigenvalue weighted by Gasteiger charge is -2.30. The van der Waals surface area contributed by atoms with Gasteiger partial charge in [-0.25, -0.2) is 0 Å². The largest absolute Gasteiger partial charge is 0.391 e. The number of aliphatic hydroxyl groups is 1. The zero-order chi connectivity index (χ0) is 13.9. The molecule has 0 radical (unpaired) electrons. The number of nitrogens with zero attached hydrogens (tertiary/aromatic N) is 2. The number of hydrogen-bond acceptors (Lipinski definition) is 4. The van der Waals surface area contributed by atoms with Crippen LogP contribution < -0.4 is 5.73 Å². The Bertz CT molecular complexity index is 283. The fourth-order valence-corrected chi connectivity index (χ4v) is 2.45. The van der Waals surface area contributed by atoms with Gasteiger partial charge in [0.1, 0.15) is 0 Å². The third-order valence-corrected chi connectivity index (χ3v) is 3.79. The predicted molar refractivity (Wildman–Crippen MR) is 72.1 cm³/mol. The second-order valence-corrected chi connectivity index (χ2v) is 5.71. The summed E-state index contributed by atoms with van der Waals surface area (Å²) in [5.74, 6) is 0.156. The Morgan fingerprint density at radius 3 is 2.67 bits per heavy atom. The first-order valence-corrected chi connectivity index (χ1v) is 6.75. The van der Waals surface area contributed by atoms with E-state index in [0.29, 0.717) is 13.0 Å². The molecule has 5 nitrogen and oxygen atoms in total. The maximum atomic E-state index is 12.4. The van der Waals surface area contributed by atoms with Gasteiger partial charge in [-0.3, -0.25) is 4.79 Å². The molecule has 2 unspecified atom stereocenters. The molecule has 106 valence electrons. The van der Waals surface area contributed by atoms with E-state index in [2.05, 4.69) is 0 Å². The Morgan fingerprint density at radius 1 is 1.56 bits per heavy atom. The fourth-order valence-electron chi connectivity index (χ4n) is 2.45. The molecule has 0 bridgehead atoms. The lowest BCUT2D eigenvalue weighted by Crippen LogP contribution is -2.51. The Morgan fingerprint density at radius 2 is 2.17 bits per heavy atom. The van der Waals surface area contributed by atoms with E-state index >= 15 is 0 Å². The molecule has 1 aliphatic rings. The van der Waals surface area contributed by atoms with E-state index < -0.39 is 12.1 Å².